The van der Waals surface area contributed by atoms with Crippen LogP contribution in [-0.4, -0.2) is 14.5 Å². The lowest BCUT2D eigenvalue weighted by atomic mass is 10.3. The van der Waals surface area contributed by atoms with Crippen molar-refractivity contribution in [3.05, 3.63) is 28.7 Å². The molecule has 1 aromatic rings. The summed E-state index contributed by atoms with van der Waals surface area (Å²) in [7, 11) is -3.40. The van der Waals surface area contributed by atoms with Gasteiger partial charge in [-0.3, -0.25) is 0 Å². The minimum absolute atomic E-state index is 0.0536. The van der Waals surface area contributed by atoms with E-state index in [1.54, 1.807) is 24.3 Å². The number of sulfonamides is 1. The molecule has 0 bridgehead atoms. The molecule has 3 nitrogen and oxygen atoms in total. The number of hydrogen-bond donors (Lipinski definition) is 1. The quantitative estimate of drug-likeness (QED) is 0.927. The van der Waals surface area contributed by atoms with Crippen LogP contribution in [0.4, 0.5) is 0 Å². The normalized spacial score (nSPS) is 13.8. The highest BCUT2D eigenvalue weighted by Gasteiger charge is 2.18. The zero-order chi connectivity index (χ0) is 11.5. The van der Waals surface area contributed by atoms with Crippen LogP contribution in [0.15, 0.2) is 33.6 Å². The van der Waals surface area contributed by atoms with Gasteiger partial charge in [-0.15, -0.1) is 0 Å². The SMILES string of the molecule is CC[C@@H](C)NS(=O)(=O)c1ccccc1Br. The van der Waals surface area contributed by atoms with Gasteiger partial charge in [0.15, 0.2) is 0 Å². The van der Waals surface area contributed by atoms with Crippen LogP contribution in [0, 0.1) is 0 Å². The molecule has 0 heterocycles. The van der Waals surface area contributed by atoms with Crippen LogP contribution in [0.1, 0.15) is 20.3 Å². The van der Waals surface area contributed by atoms with Crippen LogP contribution in [0.2, 0.25) is 0 Å². The van der Waals surface area contributed by atoms with Gasteiger partial charge in [-0.25, -0.2) is 13.1 Å². The predicted molar refractivity (Wildman–Crippen MR) is 64.2 cm³/mol. The molecule has 0 radical (unpaired) electrons. The molecule has 1 rings (SSSR count). The average Bonchev–Trinajstić information content (AvgIpc) is 2.17. The van der Waals surface area contributed by atoms with E-state index in [4.69, 9.17) is 0 Å². The summed E-state index contributed by atoms with van der Waals surface area (Å²) in [5.41, 5.74) is 0. The molecule has 0 unspecified atom stereocenters. The zero-order valence-corrected chi connectivity index (χ0v) is 11.1. The lowest BCUT2D eigenvalue weighted by Crippen LogP contribution is -2.32. The van der Waals surface area contributed by atoms with Gasteiger partial charge in [-0.1, -0.05) is 19.1 Å². The first-order valence-electron chi connectivity index (χ1n) is 4.74. The van der Waals surface area contributed by atoms with Crippen LogP contribution < -0.4 is 4.72 Å². The third-order valence-corrected chi connectivity index (χ3v) is 4.70. The predicted octanol–water partition coefficient (Wildman–Crippen LogP) is 2.53. The van der Waals surface area contributed by atoms with Gasteiger partial charge in [-0.2, -0.15) is 0 Å². The Balaban J connectivity index is 3.02. The van der Waals surface area contributed by atoms with Gasteiger partial charge in [0.25, 0.3) is 0 Å². The minimum Gasteiger partial charge on any atom is -0.208 e. The van der Waals surface area contributed by atoms with E-state index in [0.29, 0.717) is 4.47 Å². The summed E-state index contributed by atoms with van der Waals surface area (Å²) < 4.78 is 27.0. The van der Waals surface area contributed by atoms with Crippen LogP contribution in [0.3, 0.4) is 0 Å². The molecule has 5 heteroatoms. The van der Waals surface area contributed by atoms with Crippen molar-refractivity contribution in [1.29, 1.82) is 0 Å². The molecule has 0 aliphatic carbocycles. The van der Waals surface area contributed by atoms with Crippen molar-refractivity contribution >= 4 is 26.0 Å². The number of halogens is 1. The van der Waals surface area contributed by atoms with Crippen molar-refractivity contribution in [1.82, 2.24) is 4.72 Å². The van der Waals surface area contributed by atoms with E-state index in [1.807, 2.05) is 13.8 Å². The monoisotopic (exact) mass is 291 g/mol. The Morgan fingerprint density at radius 2 is 2.00 bits per heavy atom. The Bertz CT molecular complexity index is 431. The van der Waals surface area contributed by atoms with Gasteiger partial charge < -0.3 is 0 Å². The van der Waals surface area contributed by atoms with E-state index in [-0.39, 0.29) is 10.9 Å². The van der Waals surface area contributed by atoms with Crippen molar-refractivity contribution in [2.45, 2.75) is 31.2 Å². The first kappa shape index (κ1) is 12.7. The molecular weight excluding hydrogens is 278 g/mol. The van der Waals surface area contributed by atoms with Gasteiger partial charge >= 0.3 is 0 Å². The summed E-state index contributed by atoms with van der Waals surface area (Å²) in [5.74, 6) is 0. The van der Waals surface area contributed by atoms with Gasteiger partial charge in [-0.05, 0) is 41.4 Å². The third kappa shape index (κ3) is 3.29. The lowest BCUT2D eigenvalue weighted by Gasteiger charge is -2.12. The average molecular weight is 292 g/mol. The third-order valence-electron chi connectivity index (χ3n) is 2.09. The fourth-order valence-electron chi connectivity index (χ4n) is 1.07. The number of nitrogens with one attached hydrogen (secondary N) is 1. The van der Waals surface area contributed by atoms with Crippen molar-refractivity contribution < 1.29 is 8.42 Å². The molecule has 0 fully saturated rings. The van der Waals surface area contributed by atoms with Gasteiger partial charge in [0.1, 0.15) is 0 Å². The minimum atomic E-state index is -3.40. The highest BCUT2D eigenvalue weighted by Crippen LogP contribution is 2.21. The first-order chi connectivity index (χ1) is 6.97. The number of hydrogen-bond acceptors (Lipinski definition) is 2. The van der Waals surface area contributed by atoms with Crippen molar-refractivity contribution in [3.63, 3.8) is 0 Å². The summed E-state index contributed by atoms with van der Waals surface area (Å²) in [5, 5.41) is 0. The lowest BCUT2D eigenvalue weighted by molar-refractivity contribution is 0.555. The Kier molecular flexibility index (Phi) is 4.31. The highest BCUT2D eigenvalue weighted by molar-refractivity contribution is 9.10. The molecule has 84 valence electrons. The molecule has 0 saturated heterocycles. The number of benzene rings is 1. The van der Waals surface area contributed by atoms with E-state index in [9.17, 15) is 8.42 Å². The molecule has 0 amide bonds. The smallest absolute Gasteiger partial charge is 0.208 e. The highest BCUT2D eigenvalue weighted by atomic mass is 79.9. The summed E-state index contributed by atoms with van der Waals surface area (Å²) in [6.07, 6.45) is 0.768. The standard InChI is InChI=1S/C10H14BrNO2S/c1-3-8(2)12-15(13,14)10-7-5-4-6-9(10)11/h4-8,12H,3H2,1-2H3/t8-/m1/s1. The molecule has 1 aromatic carbocycles. The van der Waals surface area contributed by atoms with Crippen molar-refractivity contribution in [3.8, 4) is 0 Å². The molecule has 0 spiro atoms. The molecule has 0 saturated carbocycles. The van der Waals surface area contributed by atoms with Crippen molar-refractivity contribution in [2.24, 2.45) is 0 Å². The summed E-state index contributed by atoms with van der Waals surface area (Å²) in [6, 6.07) is 6.73. The Morgan fingerprint density at radius 3 is 2.53 bits per heavy atom. The first-order valence-corrected chi connectivity index (χ1v) is 7.02. The summed E-state index contributed by atoms with van der Waals surface area (Å²) >= 11 is 3.22. The Hall–Kier alpha value is -0.390. The van der Waals surface area contributed by atoms with E-state index < -0.39 is 10.0 Å². The molecule has 15 heavy (non-hydrogen) atoms. The molecule has 1 N–H and O–H groups in total. The van der Waals surface area contributed by atoms with Gasteiger partial charge in [0.2, 0.25) is 10.0 Å². The van der Waals surface area contributed by atoms with E-state index in [1.165, 1.54) is 0 Å². The summed E-state index contributed by atoms with van der Waals surface area (Å²) in [4.78, 5) is 0.283. The van der Waals surface area contributed by atoms with Crippen molar-refractivity contribution in [2.75, 3.05) is 0 Å². The maximum atomic E-state index is 11.9. The zero-order valence-electron chi connectivity index (χ0n) is 8.70. The van der Waals surface area contributed by atoms with Crippen LogP contribution in [-0.2, 0) is 10.0 Å². The second-order valence-electron chi connectivity index (χ2n) is 3.36. The summed E-state index contributed by atoms with van der Waals surface area (Å²) in [6.45, 7) is 3.78. The van der Waals surface area contributed by atoms with Crippen LogP contribution >= 0.6 is 15.9 Å². The maximum Gasteiger partial charge on any atom is 0.241 e. The number of rotatable bonds is 4. The fourth-order valence-corrected chi connectivity index (χ4v) is 3.40. The fraction of sp³-hybridized carbons (Fsp3) is 0.400. The van der Waals surface area contributed by atoms with Crippen LogP contribution in [0.25, 0.3) is 0 Å². The molecule has 0 aliphatic rings. The molecule has 0 aliphatic heterocycles. The Labute approximate surface area is 99.1 Å². The van der Waals surface area contributed by atoms with E-state index in [2.05, 4.69) is 20.7 Å². The second kappa shape index (κ2) is 5.09. The molecular formula is C10H14BrNO2S. The second-order valence-corrected chi connectivity index (χ2v) is 5.90. The Morgan fingerprint density at radius 1 is 1.40 bits per heavy atom. The van der Waals surface area contributed by atoms with Crippen LogP contribution in [0.5, 0.6) is 0 Å². The van der Waals surface area contributed by atoms with Gasteiger partial charge in [0, 0.05) is 10.5 Å². The topological polar surface area (TPSA) is 46.2 Å². The largest absolute Gasteiger partial charge is 0.241 e. The molecule has 0 aromatic heterocycles. The van der Waals surface area contributed by atoms with Gasteiger partial charge in [0.05, 0.1) is 4.90 Å². The van der Waals surface area contributed by atoms with E-state index >= 15 is 0 Å². The molecule has 1 atom stereocenters. The van der Waals surface area contributed by atoms with E-state index in [0.717, 1.165) is 6.42 Å². The maximum absolute atomic E-state index is 11.9.